The van der Waals surface area contributed by atoms with Gasteiger partial charge in [-0.1, -0.05) is 29.8 Å². The maximum Gasteiger partial charge on any atom is 0.257 e. The minimum Gasteiger partial charge on any atom is -0.360 e. The lowest BCUT2D eigenvalue weighted by molar-refractivity contribution is 0.102. The zero-order chi connectivity index (χ0) is 14.8. The number of carbonyl (C=O) groups excluding carboxylic acids is 1. The standard InChI is InChI=1S/C16H10ClN3O/c17-14-7-11(6-5-10(14)8-18)20-16(21)13-9-19-15-4-2-1-3-12(13)15/h1-7,9,19H,(H,20,21). The lowest BCUT2D eigenvalue weighted by Gasteiger charge is -2.05. The average molecular weight is 296 g/mol. The molecule has 3 rings (SSSR count). The molecule has 2 N–H and O–H groups in total. The predicted molar refractivity (Wildman–Crippen MR) is 82.4 cm³/mol. The largest absolute Gasteiger partial charge is 0.360 e. The fourth-order valence-corrected chi connectivity index (χ4v) is 2.36. The van der Waals surface area contributed by atoms with Crippen molar-refractivity contribution in [1.82, 2.24) is 4.98 Å². The Hall–Kier alpha value is -2.77. The number of nitriles is 1. The third-order valence-corrected chi connectivity index (χ3v) is 3.49. The van der Waals surface area contributed by atoms with E-state index in [1.807, 2.05) is 30.3 Å². The van der Waals surface area contributed by atoms with Crippen LogP contribution in [0.1, 0.15) is 15.9 Å². The first-order chi connectivity index (χ1) is 10.2. The Bertz CT molecular complexity index is 877. The van der Waals surface area contributed by atoms with E-state index in [1.165, 1.54) is 0 Å². The van der Waals surface area contributed by atoms with E-state index >= 15 is 0 Å². The molecule has 0 atom stereocenters. The number of halogens is 1. The van der Waals surface area contributed by atoms with Crippen molar-refractivity contribution in [2.24, 2.45) is 0 Å². The number of hydrogen-bond donors (Lipinski definition) is 2. The Morgan fingerprint density at radius 2 is 2.05 bits per heavy atom. The first-order valence-corrected chi connectivity index (χ1v) is 6.64. The van der Waals surface area contributed by atoms with Gasteiger partial charge in [0.05, 0.1) is 16.1 Å². The van der Waals surface area contributed by atoms with Crippen molar-refractivity contribution >= 4 is 34.1 Å². The van der Waals surface area contributed by atoms with Crippen LogP contribution in [-0.2, 0) is 0 Å². The maximum atomic E-state index is 12.3. The zero-order valence-corrected chi connectivity index (χ0v) is 11.6. The second-order valence-corrected chi connectivity index (χ2v) is 4.92. The van der Waals surface area contributed by atoms with E-state index in [4.69, 9.17) is 16.9 Å². The molecule has 0 saturated carbocycles. The van der Waals surface area contributed by atoms with E-state index in [-0.39, 0.29) is 5.91 Å². The summed E-state index contributed by atoms with van der Waals surface area (Å²) in [6.07, 6.45) is 1.67. The summed E-state index contributed by atoms with van der Waals surface area (Å²) in [5.74, 6) is -0.228. The van der Waals surface area contributed by atoms with Gasteiger partial charge in [0.15, 0.2) is 0 Å². The second-order valence-electron chi connectivity index (χ2n) is 4.51. The Morgan fingerprint density at radius 3 is 2.81 bits per heavy atom. The van der Waals surface area contributed by atoms with E-state index in [9.17, 15) is 4.79 Å². The van der Waals surface area contributed by atoms with E-state index < -0.39 is 0 Å². The summed E-state index contributed by atoms with van der Waals surface area (Å²) in [4.78, 5) is 15.4. The van der Waals surface area contributed by atoms with Gasteiger partial charge < -0.3 is 10.3 Å². The highest BCUT2D eigenvalue weighted by Gasteiger charge is 2.12. The van der Waals surface area contributed by atoms with Gasteiger partial charge in [-0.05, 0) is 24.3 Å². The summed E-state index contributed by atoms with van der Waals surface area (Å²) in [7, 11) is 0. The molecule has 0 radical (unpaired) electrons. The Morgan fingerprint density at radius 1 is 1.24 bits per heavy atom. The van der Waals surface area contributed by atoms with Crippen LogP contribution in [0, 0.1) is 11.3 Å². The molecule has 0 aliphatic rings. The van der Waals surface area contributed by atoms with Crippen LogP contribution in [0.3, 0.4) is 0 Å². The molecule has 3 aromatic rings. The number of rotatable bonds is 2. The fraction of sp³-hybridized carbons (Fsp3) is 0. The third-order valence-electron chi connectivity index (χ3n) is 3.18. The second kappa shape index (κ2) is 5.31. The number of hydrogen-bond acceptors (Lipinski definition) is 2. The van der Waals surface area contributed by atoms with Crippen molar-refractivity contribution in [2.75, 3.05) is 5.32 Å². The third kappa shape index (κ3) is 2.47. The van der Waals surface area contributed by atoms with Gasteiger partial charge in [0.2, 0.25) is 0 Å². The van der Waals surface area contributed by atoms with Crippen LogP contribution in [-0.4, -0.2) is 10.9 Å². The minimum absolute atomic E-state index is 0.228. The lowest BCUT2D eigenvalue weighted by atomic mass is 10.1. The summed E-state index contributed by atoms with van der Waals surface area (Å²) >= 11 is 5.95. The minimum atomic E-state index is -0.228. The number of H-pyrrole nitrogens is 1. The van der Waals surface area contributed by atoms with Gasteiger partial charge in [-0.3, -0.25) is 4.79 Å². The van der Waals surface area contributed by atoms with Gasteiger partial charge in [0, 0.05) is 22.8 Å². The topological polar surface area (TPSA) is 68.7 Å². The van der Waals surface area contributed by atoms with Gasteiger partial charge in [-0.2, -0.15) is 5.26 Å². The first kappa shape index (κ1) is 13.2. The van der Waals surface area contributed by atoms with Crippen molar-refractivity contribution < 1.29 is 4.79 Å². The number of benzene rings is 2. The number of fused-ring (bicyclic) bond motifs is 1. The summed E-state index contributed by atoms with van der Waals surface area (Å²) < 4.78 is 0. The van der Waals surface area contributed by atoms with Crippen LogP contribution < -0.4 is 5.32 Å². The molecule has 1 heterocycles. The maximum absolute atomic E-state index is 12.3. The molecule has 4 nitrogen and oxygen atoms in total. The molecule has 0 aliphatic carbocycles. The number of amides is 1. The molecule has 0 spiro atoms. The number of nitrogens with zero attached hydrogens (tertiary/aromatic N) is 1. The summed E-state index contributed by atoms with van der Waals surface area (Å²) in [6, 6.07) is 14.3. The van der Waals surface area contributed by atoms with E-state index in [1.54, 1.807) is 24.4 Å². The smallest absolute Gasteiger partial charge is 0.257 e. The molecule has 0 fully saturated rings. The van der Waals surface area contributed by atoms with Crippen LogP contribution in [0.5, 0.6) is 0 Å². The van der Waals surface area contributed by atoms with Gasteiger partial charge >= 0.3 is 0 Å². The van der Waals surface area contributed by atoms with Crippen molar-refractivity contribution in [3.05, 3.63) is 64.8 Å². The molecule has 102 valence electrons. The monoisotopic (exact) mass is 295 g/mol. The summed E-state index contributed by atoms with van der Waals surface area (Å²) in [5.41, 5.74) is 2.39. The lowest BCUT2D eigenvalue weighted by Crippen LogP contribution is -2.11. The van der Waals surface area contributed by atoms with Crippen LogP contribution in [0.25, 0.3) is 10.9 Å². The molecule has 0 unspecified atom stereocenters. The molecule has 0 aliphatic heterocycles. The molecule has 0 saturated heterocycles. The summed E-state index contributed by atoms with van der Waals surface area (Å²) in [5, 5.41) is 12.8. The zero-order valence-electron chi connectivity index (χ0n) is 10.9. The first-order valence-electron chi connectivity index (χ1n) is 6.26. The SMILES string of the molecule is N#Cc1ccc(NC(=O)c2c[nH]c3ccccc23)cc1Cl. The van der Waals surface area contributed by atoms with E-state index in [2.05, 4.69) is 10.3 Å². The Kier molecular flexibility index (Phi) is 3.35. The molecule has 2 aromatic carbocycles. The van der Waals surface area contributed by atoms with Crippen LogP contribution in [0.4, 0.5) is 5.69 Å². The Balaban J connectivity index is 1.90. The number of nitrogens with one attached hydrogen (secondary N) is 2. The van der Waals surface area contributed by atoms with Crippen molar-refractivity contribution in [2.45, 2.75) is 0 Å². The van der Waals surface area contributed by atoms with Crippen molar-refractivity contribution in [1.29, 1.82) is 5.26 Å². The highest BCUT2D eigenvalue weighted by molar-refractivity contribution is 6.32. The molecule has 21 heavy (non-hydrogen) atoms. The van der Waals surface area contributed by atoms with E-state index in [0.717, 1.165) is 10.9 Å². The number of aromatic amines is 1. The number of aromatic nitrogens is 1. The molecule has 0 bridgehead atoms. The highest BCUT2D eigenvalue weighted by Crippen LogP contribution is 2.22. The van der Waals surface area contributed by atoms with Crippen LogP contribution in [0.15, 0.2) is 48.7 Å². The quantitative estimate of drug-likeness (QED) is 0.751. The van der Waals surface area contributed by atoms with Crippen LogP contribution in [0.2, 0.25) is 5.02 Å². The molecule has 5 heteroatoms. The van der Waals surface area contributed by atoms with Gasteiger partial charge in [-0.25, -0.2) is 0 Å². The van der Waals surface area contributed by atoms with Crippen molar-refractivity contribution in [3.8, 4) is 6.07 Å². The van der Waals surface area contributed by atoms with Gasteiger partial charge in [0.25, 0.3) is 5.91 Å². The van der Waals surface area contributed by atoms with Gasteiger partial charge in [-0.15, -0.1) is 0 Å². The molecule has 1 aromatic heterocycles. The molecular weight excluding hydrogens is 286 g/mol. The van der Waals surface area contributed by atoms with Crippen LogP contribution >= 0.6 is 11.6 Å². The highest BCUT2D eigenvalue weighted by atomic mass is 35.5. The fourth-order valence-electron chi connectivity index (χ4n) is 2.14. The summed E-state index contributed by atoms with van der Waals surface area (Å²) in [6.45, 7) is 0. The van der Waals surface area contributed by atoms with Crippen molar-refractivity contribution in [3.63, 3.8) is 0 Å². The van der Waals surface area contributed by atoms with Gasteiger partial charge in [0.1, 0.15) is 6.07 Å². The number of carbonyl (C=O) groups is 1. The molecular formula is C16H10ClN3O. The predicted octanol–water partition coefficient (Wildman–Crippen LogP) is 3.95. The number of anilines is 1. The number of para-hydroxylation sites is 1. The van der Waals surface area contributed by atoms with E-state index in [0.29, 0.717) is 21.8 Å². The molecule has 1 amide bonds. The Labute approximate surface area is 126 Å². The normalized spacial score (nSPS) is 10.3. The average Bonchev–Trinajstić information content (AvgIpc) is 2.91.